The Kier molecular flexibility index (Phi) is 4.19. The number of para-hydroxylation sites is 1. The van der Waals surface area contributed by atoms with Gasteiger partial charge in [-0.3, -0.25) is 9.69 Å². The molecule has 1 atom stereocenters. The van der Waals surface area contributed by atoms with Crippen molar-refractivity contribution in [3.05, 3.63) is 51.7 Å². The maximum atomic E-state index is 12.7. The number of carbonyl (C=O) groups excluding carboxylic acids is 1. The first kappa shape index (κ1) is 15.9. The van der Waals surface area contributed by atoms with Gasteiger partial charge in [0, 0.05) is 23.7 Å². The van der Waals surface area contributed by atoms with Crippen molar-refractivity contribution in [3.8, 4) is 0 Å². The minimum absolute atomic E-state index is 0.185. The van der Waals surface area contributed by atoms with Gasteiger partial charge in [0.2, 0.25) is 5.91 Å². The van der Waals surface area contributed by atoms with E-state index < -0.39 is 0 Å². The van der Waals surface area contributed by atoms with Gasteiger partial charge in [0.25, 0.3) is 0 Å². The summed E-state index contributed by atoms with van der Waals surface area (Å²) < 4.78 is 0. The molecule has 1 aromatic heterocycles. The van der Waals surface area contributed by atoms with Crippen LogP contribution in [0.4, 0.5) is 5.69 Å². The molecule has 0 fully saturated rings. The molecule has 0 aliphatic carbocycles. The summed E-state index contributed by atoms with van der Waals surface area (Å²) in [5.74, 6) is 0.185. The number of benzene rings is 1. The first-order chi connectivity index (χ1) is 11.7. The van der Waals surface area contributed by atoms with Gasteiger partial charge in [0.1, 0.15) is 0 Å². The van der Waals surface area contributed by atoms with E-state index in [0.717, 1.165) is 44.6 Å². The highest BCUT2D eigenvalue weighted by molar-refractivity contribution is 7.10. The van der Waals surface area contributed by atoms with Gasteiger partial charge in [-0.2, -0.15) is 0 Å². The lowest BCUT2D eigenvalue weighted by Gasteiger charge is -2.30. The molecule has 1 aromatic carbocycles. The van der Waals surface area contributed by atoms with E-state index in [9.17, 15) is 4.79 Å². The number of rotatable bonds is 5. The van der Waals surface area contributed by atoms with Crippen LogP contribution in [-0.4, -0.2) is 23.9 Å². The fraction of sp³-hybridized carbons (Fsp3) is 0.450. The summed E-state index contributed by atoms with van der Waals surface area (Å²) in [6, 6.07) is 10.5. The summed E-state index contributed by atoms with van der Waals surface area (Å²) in [6.07, 6.45) is 4.04. The topological polar surface area (TPSA) is 32.3 Å². The molecule has 1 N–H and O–H groups in total. The average molecular weight is 340 g/mol. The van der Waals surface area contributed by atoms with Crippen LogP contribution in [0.5, 0.6) is 0 Å². The molecule has 0 spiro atoms. The smallest absolute Gasteiger partial charge is 0.235 e. The van der Waals surface area contributed by atoms with Crippen molar-refractivity contribution in [2.45, 2.75) is 44.6 Å². The molecule has 0 saturated heterocycles. The Balaban J connectivity index is 1.42. The lowest BCUT2D eigenvalue weighted by atomic mass is 9.75. The van der Waals surface area contributed by atoms with Crippen LogP contribution in [0, 0.1) is 0 Å². The van der Waals surface area contributed by atoms with Gasteiger partial charge < -0.3 is 5.32 Å². The maximum absolute atomic E-state index is 12.7. The molecule has 0 radical (unpaired) electrons. The van der Waals surface area contributed by atoms with E-state index in [1.807, 2.05) is 29.5 Å². The molecule has 2 aliphatic heterocycles. The van der Waals surface area contributed by atoms with E-state index in [0.29, 0.717) is 0 Å². The number of amides is 1. The van der Waals surface area contributed by atoms with Crippen LogP contribution in [0.2, 0.25) is 0 Å². The summed E-state index contributed by atoms with van der Waals surface area (Å²) in [6.45, 7) is 5.43. The number of nitrogens with one attached hydrogen (secondary N) is 1. The maximum Gasteiger partial charge on any atom is 0.235 e. The van der Waals surface area contributed by atoms with Crippen LogP contribution in [-0.2, 0) is 23.2 Å². The summed E-state index contributed by atoms with van der Waals surface area (Å²) in [5.41, 5.74) is 3.36. The van der Waals surface area contributed by atoms with E-state index in [1.54, 1.807) is 4.88 Å². The SMILES string of the molecule is CCC1(CCCN2CCc3sccc3C2)C(=O)Nc2ccccc21. The quantitative estimate of drug-likeness (QED) is 0.885. The van der Waals surface area contributed by atoms with Crippen molar-refractivity contribution in [2.24, 2.45) is 0 Å². The molecule has 24 heavy (non-hydrogen) atoms. The van der Waals surface area contributed by atoms with E-state index in [1.165, 1.54) is 17.5 Å². The Morgan fingerprint density at radius 2 is 2.17 bits per heavy atom. The second-order valence-electron chi connectivity index (χ2n) is 6.93. The van der Waals surface area contributed by atoms with Crippen molar-refractivity contribution in [1.82, 2.24) is 4.90 Å². The summed E-state index contributed by atoms with van der Waals surface area (Å²) in [5, 5.41) is 5.29. The Hall–Kier alpha value is -1.65. The number of hydrogen-bond donors (Lipinski definition) is 1. The monoisotopic (exact) mass is 340 g/mol. The molecule has 0 saturated carbocycles. The first-order valence-electron chi connectivity index (χ1n) is 8.91. The number of hydrogen-bond acceptors (Lipinski definition) is 3. The van der Waals surface area contributed by atoms with Gasteiger partial charge >= 0.3 is 0 Å². The fourth-order valence-electron chi connectivity index (χ4n) is 4.25. The van der Waals surface area contributed by atoms with Crippen molar-refractivity contribution in [2.75, 3.05) is 18.4 Å². The molecule has 126 valence electrons. The molecule has 4 heteroatoms. The molecular formula is C20H24N2OS. The van der Waals surface area contributed by atoms with Gasteiger partial charge in [-0.25, -0.2) is 0 Å². The molecule has 2 aliphatic rings. The Labute approximate surface area is 147 Å². The van der Waals surface area contributed by atoms with Crippen LogP contribution in [0.1, 0.15) is 42.2 Å². The predicted octanol–water partition coefficient (Wildman–Crippen LogP) is 4.19. The number of carbonyl (C=O) groups is 1. The van der Waals surface area contributed by atoms with E-state index >= 15 is 0 Å². The summed E-state index contributed by atoms with van der Waals surface area (Å²) in [7, 11) is 0. The van der Waals surface area contributed by atoms with Crippen LogP contribution in [0.15, 0.2) is 35.7 Å². The second-order valence-corrected chi connectivity index (χ2v) is 7.93. The van der Waals surface area contributed by atoms with E-state index in [2.05, 4.69) is 34.7 Å². The van der Waals surface area contributed by atoms with Gasteiger partial charge in [-0.15, -0.1) is 11.3 Å². The highest BCUT2D eigenvalue weighted by atomic mass is 32.1. The first-order valence-corrected chi connectivity index (χ1v) is 9.79. The van der Waals surface area contributed by atoms with E-state index in [-0.39, 0.29) is 11.3 Å². The van der Waals surface area contributed by atoms with Gasteiger partial charge in [0.15, 0.2) is 0 Å². The highest BCUT2D eigenvalue weighted by Crippen LogP contribution is 2.43. The molecule has 3 nitrogen and oxygen atoms in total. The lowest BCUT2D eigenvalue weighted by Crippen LogP contribution is -2.36. The third-order valence-corrected chi connectivity index (χ3v) is 6.72. The van der Waals surface area contributed by atoms with Crippen molar-refractivity contribution in [1.29, 1.82) is 0 Å². The number of nitrogens with zero attached hydrogens (tertiary/aromatic N) is 1. The molecule has 1 amide bonds. The molecule has 2 aromatic rings. The zero-order valence-electron chi connectivity index (χ0n) is 14.2. The minimum Gasteiger partial charge on any atom is -0.325 e. The highest BCUT2D eigenvalue weighted by Gasteiger charge is 2.44. The number of thiophene rings is 1. The molecule has 1 unspecified atom stereocenters. The molecule has 4 rings (SSSR count). The summed E-state index contributed by atoms with van der Waals surface area (Å²) in [4.78, 5) is 16.8. The molecular weight excluding hydrogens is 316 g/mol. The average Bonchev–Trinajstić information content (AvgIpc) is 3.17. The summed E-state index contributed by atoms with van der Waals surface area (Å²) >= 11 is 1.89. The fourth-order valence-corrected chi connectivity index (χ4v) is 5.14. The molecule has 0 bridgehead atoms. The van der Waals surface area contributed by atoms with Crippen LogP contribution in [0.25, 0.3) is 0 Å². The predicted molar refractivity (Wildman–Crippen MR) is 99.6 cm³/mol. The Morgan fingerprint density at radius 1 is 1.29 bits per heavy atom. The van der Waals surface area contributed by atoms with Crippen LogP contribution >= 0.6 is 11.3 Å². The zero-order valence-corrected chi connectivity index (χ0v) is 15.0. The standard InChI is InChI=1S/C20H24N2OS/c1-2-20(16-6-3-4-7-17(16)21-19(20)23)10-5-11-22-12-8-18-15(14-22)9-13-24-18/h3-4,6-7,9,13H,2,5,8,10-12,14H2,1H3,(H,21,23). The lowest BCUT2D eigenvalue weighted by molar-refractivity contribution is -0.121. The third kappa shape index (κ3) is 2.58. The van der Waals surface area contributed by atoms with Gasteiger partial charge in [-0.05, 0) is 60.9 Å². The number of anilines is 1. The van der Waals surface area contributed by atoms with Crippen molar-refractivity contribution in [3.63, 3.8) is 0 Å². The van der Waals surface area contributed by atoms with Gasteiger partial charge in [-0.1, -0.05) is 25.1 Å². The van der Waals surface area contributed by atoms with Gasteiger partial charge in [0.05, 0.1) is 5.41 Å². The van der Waals surface area contributed by atoms with Crippen LogP contribution in [0.3, 0.4) is 0 Å². The van der Waals surface area contributed by atoms with Crippen molar-refractivity contribution >= 4 is 22.9 Å². The normalized spacial score (nSPS) is 23.0. The largest absolute Gasteiger partial charge is 0.325 e. The van der Waals surface area contributed by atoms with Crippen LogP contribution < -0.4 is 5.32 Å². The van der Waals surface area contributed by atoms with Crippen molar-refractivity contribution < 1.29 is 4.79 Å². The second kappa shape index (κ2) is 6.34. The number of fused-ring (bicyclic) bond motifs is 2. The Morgan fingerprint density at radius 3 is 3.04 bits per heavy atom. The third-order valence-electron chi connectivity index (χ3n) is 5.69. The zero-order chi connectivity index (χ0) is 16.6. The Bertz CT molecular complexity index is 754. The minimum atomic E-state index is -0.333. The molecule has 3 heterocycles. The van der Waals surface area contributed by atoms with E-state index in [4.69, 9.17) is 0 Å².